The lowest BCUT2D eigenvalue weighted by Crippen LogP contribution is -2.05. The lowest BCUT2D eigenvalue weighted by molar-refractivity contribution is 1.00. The molecular formula is C18H14N6. The highest BCUT2D eigenvalue weighted by Crippen LogP contribution is 2.19. The molecule has 0 spiro atoms. The Balaban J connectivity index is 1.66. The van der Waals surface area contributed by atoms with Gasteiger partial charge in [-0.25, -0.2) is 9.97 Å². The van der Waals surface area contributed by atoms with E-state index in [1.807, 2.05) is 59.4 Å². The molecule has 3 heterocycles. The third-order valence-corrected chi connectivity index (χ3v) is 3.86. The number of nitriles is 1. The van der Waals surface area contributed by atoms with Crippen LogP contribution in [-0.4, -0.2) is 18.9 Å². The van der Waals surface area contributed by atoms with Crippen molar-refractivity contribution in [3.63, 3.8) is 0 Å². The van der Waals surface area contributed by atoms with Crippen molar-refractivity contribution in [2.45, 2.75) is 6.54 Å². The molecule has 0 bridgehead atoms. The normalized spacial score (nSPS) is 10.6. The van der Waals surface area contributed by atoms with E-state index in [-0.39, 0.29) is 0 Å². The van der Waals surface area contributed by atoms with Crippen LogP contribution in [0.15, 0.2) is 67.4 Å². The number of nitrogens with zero attached hydrogens (tertiary/aromatic N) is 5. The average Bonchev–Trinajstić information content (AvgIpc) is 3.27. The zero-order chi connectivity index (χ0) is 16.4. The molecule has 1 aromatic carbocycles. The molecular weight excluding hydrogens is 300 g/mol. The number of para-hydroxylation sites is 1. The number of imidazole rings is 2. The van der Waals surface area contributed by atoms with Crippen molar-refractivity contribution in [1.82, 2.24) is 18.9 Å². The third-order valence-electron chi connectivity index (χ3n) is 3.86. The second-order valence-electron chi connectivity index (χ2n) is 5.30. The van der Waals surface area contributed by atoms with Crippen molar-refractivity contribution in [1.29, 1.82) is 5.26 Å². The molecule has 116 valence electrons. The summed E-state index contributed by atoms with van der Waals surface area (Å²) in [5, 5.41) is 12.7. The van der Waals surface area contributed by atoms with Gasteiger partial charge in [0.1, 0.15) is 11.7 Å². The lowest BCUT2D eigenvalue weighted by Gasteiger charge is -2.10. The van der Waals surface area contributed by atoms with Crippen molar-refractivity contribution < 1.29 is 0 Å². The van der Waals surface area contributed by atoms with Crippen LogP contribution >= 0.6 is 0 Å². The van der Waals surface area contributed by atoms with E-state index in [1.54, 1.807) is 16.9 Å². The van der Waals surface area contributed by atoms with Crippen molar-refractivity contribution in [2.24, 2.45) is 0 Å². The topological polar surface area (TPSA) is 70.9 Å². The molecule has 6 nitrogen and oxygen atoms in total. The Bertz CT molecular complexity index is 1020. The van der Waals surface area contributed by atoms with Crippen LogP contribution in [0, 0.1) is 11.3 Å². The minimum absolute atomic E-state index is 0.505. The number of benzene rings is 1. The van der Waals surface area contributed by atoms with Gasteiger partial charge in [0.05, 0.1) is 12.0 Å². The van der Waals surface area contributed by atoms with Gasteiger partial charge in [-0.2, -0.15) is 5.26 Å². The summed E-state index contributed by atoms with van der Waals surface area (Å²) in [5.74, 6) is 0.587. The second-order valence-corrected chi connectivity index (χ2v) is 5.30. The molecule has 0 amide bonds. The first-order valence-corrected chi connectivity index (χ1v) is 7.54. The van der Waals surface area contributed by atoms with E-state index in [4.69, 9.17) is 0 Å². The maximum absolute atomic E-state index is 9.44. The number of aromatic nitrogens is 4. The van der Waals surface area contributed by atoms with Gasteiger partial charge in [-0.15, -0.1) is 0 Å². The largest absolute Gasteiger partial charge is 0.363 e. The van der Waals surface area contributed by atoms with Crippen LogP contribution in [-0.2, 0) is 6.54 Å². The van der Waals surface area contributed by atoms with Crippen molar-refractivity contribution in [3.05, 3.63) is 78.6 Å². The van der Waals surface area contributed by atoms with E-state index >= 15 is 0 Å². The molecule has 0 saturated carbocycles. The van der Waals surface area contributed by atoms with Crippen LogP contribution in [0.1, 0.15) is 11.3 Å². The zero-order valence-electron chi connectivity index (χ0n) is 12.8. The number of hydrogen-bond donors (Lipinski definition) is 1. The standard InChI is InChI=1S/C18H14N6/c19-11-16-18(22-17-7-3-4-9-24(16)17)21-12-14-5-1-2-6-15(14)23-10-8-20-13-23/h1-10,13,21H,12H2. The van der Waals surface area contributed by atoms with E-state index in [1.165, 1.54) is 0 Å². The molecule has 0 aliphatic heterocycles. The average molecular weight is 314 g/mol. The first kappa shape index (κ1) is 14.0. The summed E-state index contributed by atoms with van der Waals surface area (Å²) in [4.78, 5) is 8.60. The smallest absolute Gasteiger partial charge is 0.168 e. The molecule has 3 aromatic heterocycles. The first-order chi connectivity index (χ1) is 11.9. The van der Waals surface area contributed by atoms with Crippen molar-refractivity contribution >= 4 is 11.5 Å². The molecule has 24 heavy (non-hydrogen) atoms. The molecule has 0 aliphatic rings. The zero-order valence-corrected chi connectivity index (χ0v) is 12.8. The number of nitrogens with one attached hydrogen (secondary N) is 1. The molecule has 4 aromatic rings. The van der Waals surface area contributed by atoms with Gasteiger partial charge in [0.2, 0.25) is 0 Å². The number of hydrogen-bond acceptors (Lipinski definition) is 4. The van der Waals surface area contributed by atoms with E-state index in [0.29, 0.717) is 18.1 Å². The van der Waals surface area contributed by atoms with Gasteiger partial charge in [0, 0.05) is 25.1 Å². The van der Waals surface area contributed by atoms with Crippen LogP contribution in [0.4, 0.5) is 5.82 Å². The van der Waals surface area contributed by atoms with Gasteiger partial charge in [-0.05, 0) is 23.8 Å². The van der Waals surface area contributed by atoms with Gasteiger partial charge in [0.15, 0.2) is 11.5 Å². The Hall–Kier alpha value is -3.59. The molecule has 0 fully saturated rings. The fourth-order valence-electron chi connectivity index (χ4n) is 2.72. The van der Waals surface area contributed by atoms with Gasteiger partial charge in [-0.3, -0.25) is 4.40 Å². The molecule has 0 radical (unpaired) electrons. The van der Waals surface area contributed by atoms with E-state index < -0.39 is 0 Å². The molecule has 0 atom stereocenters. The van der Waals surface area contributed by atoms with Crippen molar-refractivity contribution in [2.75, 3.05) is 5.32 Å². The first-order valence-electron chi connectivity index (χ1n) is 7.54. The number of pyridine rings is 1. The van der Waals surface area contributed by atoms with Crippen LogP contribution in [0.5, 0.6) is 0 Å². The highest BCUT2D eigenvalue weighted by Gasteiger charge is 2.12. The van der Waals surface area contributed by atoms with E-state index in [9.17, 15) is 5.26 Å². The summed E-state index contributed by atoms with van der Waals surface area (Å²) >= 11 is 0. The summed E-state index contributed by atoms with van der Waals surface area (Å²) in [6, 6.07) is 16.0. The summed E-state index contributed by atoms with van der Waals surface area (Å²) in [6.07, 6.45) is 7.26. The summed E-state index contributed by atoms with van der Waals surface area (Å²) < 4.78 is 3.75. The molecule has 0 unspecified atom stereocenters. The molecule has 4 rings (SSSR count). The third kappa shape index (κ3) is 2.38. The lowest BCUT2D eigenvalue weighted by atomic mass is 10.1. The summed E-state index contributed by atoms with van der Waals surface area (Å²) in [5.41, 5.74) is 3.39. The quantitative estimate of drug-likeness (QED) is 0.628. The number of rotatable bonds is 4. The maximum Gasteiger partial charge on any atom is 0.168 e. The summed E-state index contributed by atoms with van der Waals surface area (Å²) in [6.45, 7) is 0.562. The Labute approximate surface area is 138 Å². The minimum atomic E-state index is 0.505. The Morgan fingerprint density at radius 1 is 1.08 bits per heavy atom. The SMILES string of the molecule is N#Cc1c(NCc2ccccc2-n2ccnc2)nc2ccccn12. The number of anilines is 1. The maximum atomic E-state index is 9.44. The molecule has 6 heteroatoms. The Kier molecular flexibility index (Phi) is 3.45. The van der Waals surface area contributed by atoms with Crippen LogP contribution in [0.2, 0.25) is 0 Å². The highest BCUT2D eigenvalue weighted by atomic mass is 15.1. The van der Waals surface area contributed by atoms with Crippen molar-refractivity contribution in [3.8, 4) is 11.8 Å². The minimum Gasteiger partial charge on any atom is -0.363 e. The summed E-state index contributed by atoms with van der Waals surface area (Å²) in [7, 11) is 0. The monoisotopic (exact) mass is 314 g/mol. The van der Waals surface area contributed by atoms with E-state index in [2.05, 4.69) is 21.4 Å². The predicted octanol–water partition coefficient (Wildman–Crippen LogP) is 3.00. The van der Waals surface area contributed by atoms with Gasteiger partial charge in [0.25, 0.3) is 0 Å². The highest BCUT2D eigenvalue weighted by molar-refractivity contribution is 5.59. The van der Waals surface area contributed by atoms with Gasteiger partial charge in [-0.1, -0.05) is 24.3 Å². The fourth-order valence-corrected chi connectivity index (χ4v) is 2.72. The predicted molar refractivity (Wildman–Crippen MR) is 90.8 cm³/mol. The van der Waals surface area contributed by atoms with E-state index in [0.717, 1.165) is 16.9 Å². The van der Waals surface area contributed by atoms with Crippen LogP contribution in [0.3, 0.4) is 0 Å². The van der Waals surface area contributed by atoms with Crippen LogP contribution in [0.25, 0.3) is 11.3 Å². The van der Waals surface area contributed by atoms with Gasteiger partial charge < -0.3 is 9.88 Å². The molecule has 1 N–H and O–H groups in total. The molecule has 0 saturated heterocycles. The fraction of sp³-hybridized carbons (Fsp3) is 0.0556. The second kappa shape index (κ2) is 5.89. The Morgan fingerprint density at radius 2 is 1.96 bits per heavy atom. The Morgan fingerprint density at radius 3 is 2.79 bits per heavy atom. The van der Waals surface area contributed by atoms with Gasteiger partial charge >= 0.3 is 0 Å². The van der Waals surface area contributed by atoms with Crippen LogP contribution < -0.4 is 5.32 Å². The number of fused-ring (bicyclic) bond motifs is 1. The molecule has 0 aliphatic carbocycles.